The van der Waals surface area contributed by atoms with Crippen LogP contribution < -0.4 is 5.32 Å². The predicted octanol–water partition coefficient (Wildman–Crippen LogP) is 1.01. The van der Waals surface area contributed by atoms with Crippen molar-refractivity contribution >= 4 is 28.3 Å². The number of rotatable bonds is 2. The molecule has 56 valence electrons. The van der Waals surface area contributed by atoms with Crippen LogP contribution in [0.5, 0.6) is 0 Å². The van der Waals surface area contributed by atoms with Gasteiger partial charge in [-0.2, -0.15) is 0 Å². The lowest BCUT2D eigenvalue weighted by molar-refractivity contribution is 0.437. The van der Waals surface area contributed by atoms with E-state index in [0.717, 1.165) is 23.4 Å². The lowest BCUT2D eigenvalue weighted by Crippen LogP contribution is -2.41. The molecule has 0 aromatic carbocycles. The maximum atomic E-state index is 5.09. The fourth-order valence-electron chi connectivity index (χ4n) is 0.744. The summed E-state index contributed by atoms with van der Waals surface area (Å²) in [7, 11) is 0. The molecule has 1 saturated heterocycles. The van der Waals surface area contributed by atoms with Gasteiger partial charge in [-0.3, -0.25) is 5.32 Å². The van der Waals surface area contributed by atoms with Crippen molar-refractivity contribution in [1.29, 1.82) is 0 Å². The number of thioether (sulfide) groups is 1. The minimum Gasteiger partial charge on any atom is -0.341 e. The van der Waals surface area contributed by atoms with E-state index in [2.05, 4.69) is 16.8 Å². The van der Waals surface area contributed by atoms with Gasteiger partial charge in [0.25, 0.3) is 0 Å². The van der Waals surface area contributed by atoms with Gasteiger partial charge >= 0.3 is 0 Å². The highest BCUT2D eigenvalue weighted by Crippen LogP contribution is 2.10. The van der Waals surface area contributed by atoms with Crippen LogP contribution in [0.15, 0.2) is 12.7 Å². The highest BCUT2D eigenvalue weighted by Gasteiger charge is 2.11. The van der Waals surface area contributed by atoms with E-state index in [4.69, 9.17) is 12.2 Å². The molecule has 0 amide bonds. The summed E-state index contributed by atoms with van der Waals surface area (Å²) in [6.45, 7) is 5.36. The molecule has 1 heterocycles. The third-order valence-electron chi connectivity index (χ3n) is 1.21. The Labute approximate surface area is 70.7 Å². The maximum absolute atomic E-state index is 5.09. The molecule has 0 bridgehead atoms. The molecule has 0 aromatic heterocycles. The smallest absolute Gasteiger partial charge is 0.138 e. The second-order valence-electron chi connectivity index (χ2n) is 1.97. The van der Waals surface area contributed by atoms with Crippen LogP contribution in [-0.2, 0) is 0 Å². The first-order valence-electron chi connectivity index (χ1n) is 3.08. The van der Waals surface area contributed by atoms with E-state index in [1.54, 1.807) is 11.8 Å². The van der Waals surface area contributed by atoms with Crippen molar-refractivity contribution < 1.29 is 0 Å². The molecule has 0 atom stereocenters. The molecule has 2 nitrogen and oxygen atoms in total. The van der Waals surface area contributed by atoms with Crippen LogP contribution in [0, 0.1) is 0 Å². The van der Waals surface area contributed by atoms with Gasteiger partial charge in [0.15, 0.2) is 0 Å². The van der Waals surface area contributed by atoms with Gasteiger partial charge in [-0.15, -0.1) is 6.58 Å². The summed E-state index contributed by atoms with van der Waals surface area (Å²) < 4.78 is 0.971. The van der Waals surface area contributed by atoms with Gasteiger partial charge in [0.1, 0.15) is 4.32 Å². The van der Waals surface area contributed by atoms with Gasteiger partial charge in [-0.05, 0) is 0 Å². The number of thiocarbonyl (C=S) groups is 1. The monoisotopic (exact) mass is 174 g/mol. The summed E-state index contributed by atoms with van der Waals surface area (Å²) in [5.74, 6) is 0.937. The molecular formula is C6H10N2S2. The zero-order valence-corrected chi connectivity index (χ0v) is 7.30. The van der Waals surface area contributed by atoms with E-state index in [0.29, 0.717) is 0 Å². The third kappa shape index (κ3) is 1.97. The molecule has 0 saturated carbocycles. The maximum Gasteiger partial charge on any atom is 0.138 e. The highest BCUT2D eigenvalue weighted by molar-refractivity contribution is 8.22. The Bertz CT molecular complexity index is 147. The van der Waals surface area contributed by atoms with Crippen molar-refractivity contribution in [3.8, 4) is 0 Å². The Morgan fingerprint density at radius 2 is 2.70 bits per heavy atom. The predicted molar refractivity (Wildman–Crippen MR) is 50.0 cm³/mol. The van der Waals surface area contributed by atoms with Crippen molar-refractivity contribution in [1.82, 2.24) is 10.2 Å². The Kier molecular flexibility index (Phi) is 3.18. The second-order valence-corrected chi connectivity index (χ2v) is 3.58. The highest BCUT2D eigenvalue weighted by atomic mass is 32.2. The Balaban J connectivity index is 2.39. The van der Waals surface area contributed by atoms with Crippen molar-refractivity contribution in [2.45, 2.75) is 0 Å². The fraction of sp³-hybridized carbons (Fsp3) is 0.500. The van der Waals surface area contributed by atoms with Crippen LogP contribution in [0.4, 0.5) is 0 Å². The first-order valence-corrected chi connectivity index (χ1v) is 4.47. The zero-order chi connectivity index (χ0) is 7.40. The Morgan fingerprint density at radius 3 is 3.30 bits per heavy atom. The average molecular weight is 174 g/mol. The molecule has 1 aliphatic rings. The molecule has 0 aliphatic carbocycles. The van der Waals surface area contributed by atoms with Crippen LogP contribution in [0.2, 0.25) is 0 Å². The Morgan fingerprint density at radius 1 is 1.90 bits per heavy atom. The summed E-state index contributed by atoms with van der Waals surface area (Å²) in [5.41, 5.74) is 0. The molecule has 10 heavy (non-hydrogen) atoms. The molecule has 0 unspecified atom stereocenters. The minimum atomic E-state index is 0.846. The molecule has 1 aliphatic heterocycles. The first kappa shape index (κ1) is 8.04. The standard InChI is InChI=1S/C6H10N2S2/c1-2-3-8-4-7-5-10-6(8)9/h2,7H,1,3-5H2. The van der Waals surface area contributed by atoms with Crippen LogP contribution in [-0.4, -0.2) is 28.3 Å². The van der Waals surface area contributed by atoms with E-state index in [9.17, 15) is 0 Å². The van der Waals surface area contributed by atoms with Crippen LogP contribution >= 0.6 is 24.0 Å². The fourth-order valence-corrected chi connectivity index (χ4v) is 1.70. The molecule has 0 radical (unpaired) electrons. The van der Waals surface area contributed by atoms with Crippen molar-refractivity contribution in [3.05, 3.63) is 12.7 Å². The number of nitrogens with one attached hydrogen (secondary N) is 1. The van der Waals surface area contributed by atoms with E-state index in [1.807, 2.05) is 6.08 Å². The van der Waals surface area contributed by atoms with Crippen molar-refractivity contribution in [3.63, 3.8) is 0 Å². The molecule has 1 rings (SSSR count). The van der Waals surface area contributed by atoms with Crippen molar-refractivity contribution in [2.24, 2.45) is 0 Å². The lowest BCUT2D eigenvalue weighted by atomic mass is 10.6. The van der Waals surface area contributed by atoms with Gasteiger partial charge in [-0.25, -0.2) is 0 Å². The average Bonchev–Trinajstić information content (AvgIpc) is 1.94. The largest absolute Gasteiger partial charge is 0.341 e. The van der Waals surface area contributed by atoms with E-state index in [1.165, 1.54) is 0 Å². The van der Waals surface area contributed by atoms with Crippen molar-refractivity contribution in [2.75, 3.05) is 19.1 Å². The molecule has 1 N–H and O–H groups in total. The summed E-state index contributed by atoms with van der Waals surface area (Å²) in [6, 6.07) is 0. The number of nitrogens with zero attached hydrogens (tertiary/aromatic N) is 1. The quantitative estimate of drug-likeness (QED) is 0.496. The molecule has 4 heteroatoms. The Hall–Kier alpha value is -0.0600. The normalized spacial score (nSPS) is 19.2. The van der Waals surface area contributed by atoms with Crippen LogP contribution in [0.1, 0.15) is 0 Å². The van der Waals surface area contributed by atoms with Gasteiger partial charge in [0, 0.05) is 6.54 Å². The minimum absolute atomic E-state index is 0.846. The third-order valence-corrected chi connectivity index (χ3v) is 2.67. The summed E-state index contributed by atoms with van der Waals surface area (Å²) in [4.78, 5) is 2.08. The summed E-state index contributed by atoms with van der Waals surface area (Å²) in [5, 5.41) is 3.20. The summed E-state index contributed by atoms with van der Waals surface area (Å²) >= 11 is 6.76. The number of hydrogen-bond acceptors (Lipinski definition) is 3. The van der Waals surface area contributed by atoms with Gasteiger partial charge in [0.05, 0.1) is 12.5 Å². The molecule has 1 fully saturated rings. The topological polar surface area (TPSA) is 15.3 Å². The van der Waals surface area contributed by atoms with E-state index < -0.39 is 0 Å². The van der Waals surface area contributed by atoms with Gasteiger partial charge in [0.2, 0.25) is 0 Å². The van der Waals surface area contributed by atoms with E-state index >= 15 is 0 Å². The van der Waals surface area contributed by atoms with Gasteiger partial charge in [-0.1, -0.05) is 30.1 Å². The summed E-state index contributed by atoms with van der Waals surface area (Å²) in [6.07, 6.45) is 1.86. The zero-order valence-electron chi connectivity index (χ0n) is 5.67. The first-order chi connectivity index (χ1) is 4.84. The van der Waals surface area contributed by atoms with Crippen LogP contribution in [0.3, 0.4) is 0 Å². The molecule has 0 spiro atoms. The van der Waals surface area contributed by atoms with Gasteiger partial charge < -0.3 is 4.90 Å². The van der Waals surface area contributed by atoms with E-state index in [-0.39, 0.29) is 0 Å². The SMILES string of the molecule is C=CCN1CNCSC1=S. The lowest BCUT2D eigenvalue weighted by Gasteiger charge is -2.27. The van der Waals surface area contributed by atoms with Crippen LogP contribution in [0.25, 0.3) is 0 Å². The molecular weight excluding hydrogens is 164 g/mol. The number of hydrogen-bond donors (Lipinski definition) is 1. The molecule has 0 aromatic rings. The second kappa shape index (κ2) is 3.95.